The van der Waals surface area contributed by atoms with E-state index in [2.05, 4.69) is 4.90 Å². The minimum atomic E-state index is -2.46. The number of Topliss-reactive ketones (excluding diaryl/α,β-unsaturated/α-hetero) is 3. The number of piperazine rings is 1. The van der Waals surface area contributed by atoms with Gasteiger partial charge < -0.3 is 53.5 Å². The Labute approximate surface area is 451 Å². The summed E-state index contributed by atoms with van der Waals surface area (Å²) in [4.78, 5) is 89.8. The number of ether oxygens (including phenoxy) is 6. The van der Waals surface area contributed by atoms with E-state index in [1.165, 1.54) is 12.0 Å². The van der Waals surface area contributed by atoms with Crippen LogP contribution in [-0.2, 0) is 52.4 Å². The number of hydrogen-bond acceptors (Lipinski definition) is 16. The third-order valence-electron chi connectivity index (χ3n) is 16.8. The summed E-state index contributed by atoms with van der Waals surface area (Å²) >= 11 is 0. The van der Waals surface area contributed by atoms with Crippen molar-refractivity contribution in [3.8, 4) is 0 Å². The van der Waals surface area contributed by atoms with Gasteiger partial charge in [-0.2, -0.15) is 0 Å². The van der Waals surface area contributed by atoms with Gasteiger partial charge in [-0.25, -0.2) is 9.59 Å². The molecule has 0 radical (unpaired) electrons. The van der Waals surface area contributed by atoms with E-state index in [1.807, 2.05) is 58.1 Å². The van der Waals surface area contributed by atoms with E-state index in [0.29, 0.717) is 103 Å². The van der Waals surface area contributed by atoms with Crippen molar-refractivity contribution in [2.45, 2.75) is 180 Å². The third kappa shape index (κ3) is 16.7. The number of β-amino-alcohol motifs (C(OH)–C–C–N with tert-alkyl or cyclic N) is 1. The molecule has 0 aromatic heterocycles. The number of piperidine rings is 1. The Balaban J connectivity index is 1.42. The molecule has 0 spiro atoms. The van der Waals surface area contributed by atoms with E-state index >= 15 is 0 Å². The molecule has 18 nitrogen and oxygen atoms in total. The van der Waals surface area contributed by atoms with Crippen LogP contribution in [-0.4, -0.2) is 187 Å². The number of nitrogens with zero attached hydrogens (tertiary/aromatic N) is 3. The van der Waals surface area contributed by atoms with Crippen LogP contribution in [0.25, 0.3) is 0 Å². The first-order valence-corrected chi connectivity index (χ1v) is 27.9. The zero-order valence-electron chi connectivity index (χ0n) is 47.1. The Morgan fingerprint density at radius 3 is 2.22 bits per heavy atom. The van der Waals surface area contributed by atoms with Crippen molar-refractivity contribution in [2.75, 3.05) is 67.2 Å². The van der Waals surface area contributed by atoms with Gasteiger partial charge >= 0.3 is 12.1 Å². The number of carbonyl (C=O) groups is 6. The van der Waals surface area contributed by atoms with Crippen LogP contribution >= 0.6 is 0 Å². The molecular formula is C58H91N3O15. The smallest absolute Gasteiger partial charge is 0.410 e. The topological polar surface area (TPSA) is 228 Å². The average molecular weight is 1070 g/mol. The molecule has 4 fully saturated rings. The zero-order valence-corrected chi connectivity index (χ0v) is 47.1. The van der Waals surface area contributed by atoms with Gasteiger partial charge in [-0.3, -0.25) is 24.1 Å². The summed E-state index contributed by atoms with van der Waals surface area (Å²) in [7, 11) is 4.53. The molecular weight excluding hydrogens is 979 g/mol. The lowest BCUT2D eigenvalue weighted by Crippen LogP contribution is -2.61. The molecule has 5 aliphatic rings. The Morgan fingerprint density at radius 2 is 1.55 bits per heavy atom. The highest BCUT2D eigenvalue weighted by Crippen LogP contribution is 2.38. The molecule has 4 heterocycles. The number of aliphatic hydroxyl groups is 3. The van der Waals surface area contributed by atoms with Crippen LogP contribution in [0.2, 0.25) is 0 Å². The molecule has 1 unspecified atom stereocenters. The van der Waals surface area contributed by atoms with Gasteiger partial charge in [0.1, 0.15) is 36.2 Å². The standard InChI is InChI=1S/C58H91N3O15/c1-36-16-12-11-13-17-37(2)48(71-8)34-44-21-19-42(7)58(70,76-44)54(66)55(67)61-23-15-14-18-45(61)56(68)74-49(35-46(63)38(3)31-41(6)52(65)53(73-10)51(64)40(5)30-36)39(4)32-43-20-22-47(50(33-43)72-9)75-57(69)60-26-24-59(25-27-60)28-29-62/h11-13,16-17,31,36,38-40,42-45,47-50,52-53,62,65,70H,14-15,18-30,32-35H2,1-10H3/b13-11+,16-12-,37-17+,41-31+/t36-,38-,39-,40-,42-,43?,44+,45+,47+,48+,49+,50+,52-,53+,58-/m1/s1. The fourth-order valence-electron chi connectivity index (χ4n) is 11.7. The maximum atomic E-state index is 14.6. The summed E-state index contributed by atoms with van der Waals surface area (Å²) in [6.45, 7) is 15.6. The van der Waals surface area contributed by atoms with Crippen LogP contribution in [0.15, 0.2) is 47.6 Å². The van der Waals surface area contributed by atoms with Crippen molar-refractivity contribution in [1.29, 1.82) is 0 Å². The molecule has 3 N–H and O–H groups in total. The number of esters is 1. The molecule has 2 bridgehead atoms. The predicted octanol–water partition coefficient (Wildman–Crippen LogP) is 5.93. The normalized spacial score (nSPS) is 37.7. The SMILES string of the molecule is CO[C@H]1C[C@@H]2CC[C@@H](C)[C@@](O)(O2)C(=O)C(=O)N2CCCC[C@H]2C(=O)O[C@H]([C@H](C)CC2CC[C@H](OC(=O)N3CCN(CCO)CC3)[C@@H](OC)C2)CC(=O)[C@H](C)/C=C(\C)[C@@H](O)[C@@H](OC)C(=O)[C@H](C)C[C@H](C)\C=C/C=C/C=C/1C. The van der Waals surface area contributed by atoms with Crippen LogP contribution in [0.1, 0.15) is 126 Å². The Hall–Kier alpha value is -4.14. The van der Waals surface area contributed by atoms with Crippen LogP contribution < -0.4 is 0 Å². The van der Waals surface area contributed by atoms with Crippen molar-refractivity contribution in [3.63, 3.8) is 0 Å². The van der Waals surface area contributed by atoms with Crippen molar-refractivity contribution in [1.82, 2.24) is 14.7 Å². The summed E-state index contributed by atoms with van der Waals surface area (Å²) in [6, 6.07) is -1.18. The second-order valence-corrected chi connectivity index (χ2v) is 22.5. The van der Waals surface area contributed by atoms with E-state index in [4.69, 9.17) is 28.4 Å². The second-order valence-electron chi connectivity index (χ2n) is 22.5. The van der Waals surface area contributed by atoms with Crippen molar-refractivity contribution < 1.29 is 72.5 Å². The molecule has 5 rings (SSSR count). The Bertz CT molecular complexity index is 2080. The predicted molar refractivity (Wildman–Crippen MR) is 284 cm³/mol. The summed E-state index contributed by atoms with van der Waals surface area (Å²) in [5, 5.41) is 32.9. The first kappa shape index (κ1) is 62.7. The van der Waals surface area contributed by atoms with Crippen LogP contribution in [0, 0.1) is 35.5 Å². The highest BCUT2D eigenvalue weighted by Gasteiger charge is 2.53. The molecule has 2 amide bonds. The maximum Gasteiger partial charge on any atom is 0.410 e. The average Bonchev–Trinajstić information content (AvgIpc) is 3.40. The fourth-order valence-corrected chi connectivity index (χ4v) is 11.7. The number of rotatable bonds is 9. The number of fused-ring (bicyclic) bond motifs is 3. The summed E-state index contributed by atoms with van der Waals surface area (Å²) in [5.74, 6) is -8.33. The van der Waals surface area contributed by atoms with Crippen molar-refractivity contribution >= 4 is 35.3 Å². The first-order chi connectivity index (χ1) is 36.1. The number of ketones is 3. The summed E-state index contributed by atoms with van der Waals surface area (Å²) in [5.41, 5.74) is 1.24. The van der Waals surface area contributed by atoms with Gasteiger partial charge in [0.25, 0.3) is 11.7 Å². The molecule has 4 aliphatic heterocycles. The number of cyclic esters (lactones) is 1. The van der Waals surface area contributed by atoms with Gasteiger partial charge in [0, 0.05) is 91.2 Å². The van der Waals surface area contributed by atoms with E-state index in [0.717, 1.165) is 5.57 Å². The fraction of sp³-hybridized carbons (Fsp3) is 0.759. The quantitative estimate of drug-likeness (QED) is 0.138. The monoisotopic (exact) mass is 1070 g/mol. The minimum Gasteiger partial charge on any atom is -0.460 e. The number of carbonyl (C=O) groups excluding carboxylic acids is 6. The lowest BCUT2D eigenvalue weighted by atomic mass is 9.78. The molecule has 1 saturated carbocycles. The molecule has 15 atom stereocenters. The molecule has 1 aliphatic carbocycles. The van der Waals surface area contributed by atoms with Crippen LogP contribution in [0.4, 0.5) is 4.79 Å². The second kappa shape index (κ2) is 29.7. The van der Waals surface area contributed by atoms with E-state index in [9.17, 15) is 44.1 Å². The van der Waals surface area contributed by atoms with Gasteiger partial charge in [-0.1, -0.05) is 71.1 Å². The molecule has 76 heavy (non-hydrogen) atoms. The van der Waals surface area contributed by atoms with Crippen molar-refractivity contribution in [2.24, 2.45) is 35.5 Å². The minimum absolute atomic E-state index is 0.00165. The first-order valence-electron chi connectivity index (χ1n) is 27.9. The highest BCUT2D eigenvalue weighted by atomic mass is 16.6. The van der Waals surface area contributed by atoms with Gasteiger partial charge in [0.2, 0.25) is 5.79 Å². The number of hydrogen-bond donors (Lipinski definition) is 3. The number of amides is 2. The summed E-state index contributed by atoms with van der Waals surface area (Å²) in [6.07, 6.45) is 10.3. The molecule has 0 aromatic carbocycles. The van der Waals surface area contributed by atoms with E-state index in [-0.39, 0.29) is 49.4 Å². The molecule has 0 aromatic rings. The molecule has 3 saturated heterocycles. The molecule has 428 valence electrons. The van der Waals surface area contributed by atoms with Crippen molar-refractivity contribution in [3.05, 3.63) is 47.6 Å². The number of allylic oxidation sites excluding steroid dienone is 6. The maximum absolute atomic E-state index is 14.6. The van der Waals surface area contributed by atoms with Crippen LogP contribution in [0.3, 0.4) is 0 Å². The van der Waals surface area contributed by atoms with Crippen LogP contribution in [0.5, 0.6) is 0 Å². The Morgan fingerprint density at radius 1 is 0.829 bits per heavy atom. The zero-order chi connectivity index (χ0) is 55.9. The number of methoxy groups -OCH3 is 3. The number of aliphatic hydroxyl groups excluding tert-OH is 2. The van der Waals surface area contributed by atoms with Gasteiger partial charge in [-0.15, -0.1) is 0 Å². The van der Waals surface area contributed by atoms with Gasteiger partial charge in [0.15, 0.2) is 5.78 Å². The van der Waals surface area contributed by atoms with E-state index in [1.54, 1.807) is 46.0 Å². The summed E-state index contributed by atoms with van der Waals surface area (Å²) < 4.78 is 35.9. The Kier molecular flexibility index (Phi) is 24.5. The third-order valence-corrected chi connectivity index (χ3v) is 16.8. The highest BCUT2D eigenvalue weighted by molar-refractivity contribution is 6.39. The van der Waals surface area contributed by atoms with Gasteiger partial charge in [-0.05, 0) is 107 Å². The van der Waals surface area contributed by atoms with E-state index < -0.39 is 102 Å². The lowest BCUT2D eigenvalue weighted by molar-refractivity contribution is -0.265. The van der Waals surface area contributed by atoms with Gasteiger partial charge in [0.05, 0.1) is 24.9 Å². The largest absolute Gasteiger partial charge is 0.460 e. The molecule has 18 heteroatoms. The lowest BCUT2D eigenvalue weighted by Gasteiger charge is -2.42.